The minimum Gasteiger partial charge on any atom is -0.507 e. The molecule has 0 bridgehead atoms. The Labute approximate surface area is 292 Å². The van der Waals surface area contributed by atoms with Crippen molar-refractivity contribution in [3.05, 3.63) is 82.4 Å². The number of ketones is 1. The smallest absolute Gasteiger partial charge is 0.342 e. The molecule has 3 aromatic rings. The number of amides is 1. The van der Waals surface area contributed by atoms with E-state index in [2.05, 4.69) is 5.32 Å². The molecule has 1 aliphatic rings. The number of aliphatic hydroxyl groups is 1. The summed E-state index contributed by atoms with van der Waals surface area (Å²) < 4.78 is 22.4. The van der Waals surface area contributed by atoms with Crippen LogP contribution in [-0.2, 0) is 20.7 Å². The van der Waals surface area contributed by atoms with E-state index in [1.807, 2.05) is 30.3 Å². The maximum absolute atomic E-state index is 13.7. The van der Waals surface area contributed by atoms with Crippen molar-refractivity contribution in [3.8, 4) is 28.7 Å². The van der Waals surface area contributed by atoms with Crippen LogP contribution in [0.3, 0.4) is 0 Å². The van der Waals surface area contributed by atoms with E-state index in [-0.39, 0.29) is 52.7 Å². The predicted molar refractivity (Wildman–Crippen MR) is 188 cm³/mol. The molecule has 4 rings (SSSR count). The van der Waals surface area contributed by atoms with Gasteiger partial charge in [0.05, 0.1) is 40.1 Å². The minimum absolute atomic E-state index is 0.0819. The van der Waals surface area contributed by atoms with Crippen LogP contribution in [0.15, 0.2) is 54.6 Å². The van der Waals surface area contributed by atoms with Crippen molar-refractivity contribution in [3.63, 3.8) is 0 Å². The Morgan fingerprint density at radius 2 is 1.66 bits per heavy atom. The largest absolute Gasteiger partial charge is 0.507 e. The number of hydrogen-bond acceptors (Lipinski definition) is 10. The van der Waals surface area contributed by atoms with E-state index in [0.29, 0.717) is 56.3 Å². The van der Waals surface area contributed by atoms with Gasteiger partial charge >= 0.3 is 5.97 Å². The molecule has 268 valence electrons. The first-order chi connectivity index (χ1) is 24.1. The highest BCUT2D eigenvalue weighted by Gasteiger charge is 2.32. The number of carbonyl (C=O) groups is 3. The van der Waals surface area contributed by atoms with Crippen LogP contribution in [0.5, 0.6) is 28.7 Å². The molecule has 3 aromatic carbocycles. The number of carbonyl (C=O) groups excluding carboxylic acids is 3. The number of aliphatic hydroxyl groups excluding tert-OH is 1. The molecular weight excluding hydrogens is 642 g/mol. The fourth-order valence-electron chi connectivity index (χ4n) is 6.24. The van der Waals surface area contributed by atoms with Gasteiger partial charge in [-0.2, -0.15) is 0 Å². The lowest BCUT2D eigenvalue weighted by atomic mass is 9.84. The molecule has 0 radical (unpaired) electrons. The van der Waals surface area contributed by atoms with Gasteiger partial charge in [0.2, 0.25) is 11.7 Å². The summed E-state index contributed by atoms with van der Waals surface area (Å²) >= 11 is 0. The normalized spacial score (nSPS) is 17.3. The van der Waals surface area contributed by atoms with E-state index >= 15 is 0 Å². The number of phenolic OH excluding ortho intramolecular Hbond substituents is 2. The van der Waals surface area contributed by atoms with Crippen LogP contribution >= 0.6 is 0 Å². The van der Waals surface area contributed by atoms with E-state index < -0.39 is 35.7 Å². The summed E-state index contributed by atoms with van der Waals surface area (Å²) in [5.74, 6) is -2.24. The number of fused-ring (bicyclic) bond motifs is 1. The Morgan fingerprint density at radius 1 is 0.980 bits per heavy atom. The van der Waals surface area contributed by atoms with Gasteiger partial charge in [-0.3, -0.25) is 9.59 Å². The number of rotatable bonds is 11. The first kappa shape index (κ1) is 37.8. The van der Waals surface area contributed by atoms with Crippen LogP contribution in [-0.4, -0.2) is 73.1 Å². The number of aromatic hydroxyl groups is 2. The summed E-state index contributed by atoms with van der Waals surface area (Å²) in [6.45, 7) is 1.40. The van der Waals surface area contributed by atoms with Crippen molar-refractivity contribution < 1.29 is 48.7 Å². The number of allylic oxidation sites excluding steroid dienone is 1. The summed E-state index contributed by atoms with van der Waals surface area (Å²) in [6.07, 6.45) is 5.91. The lowest BCUT2D eigenvalue weighted by Crippen LogP contribution is -2.39. The van der Waals surface area contributed by atoms with E-state index in [1.54, 1.807) is 31.2 Å². The molecule has 0 saturated heterocycles. The highest BCUT2D eigenvalue weighted by atomic mass is 16.5. The van der Waals surface area contributed by atoms with Gasteiger partial charge in [0.15, 0.2) is 11.5 Å². The number of cyclic esters (lactones) is 1. The van der Waals surface area contributed by atoms with Gasteiger partial charge in [0, 0.05) is 30.7 Å². The molecule has 4 N–H and O–H groups in total. The number of esters is 1. The second kappa shape index (κ2) is 18.1. The first-order valence-electron chi connectivity index (χ1n) is 16.8. The molecule has 0 saturated carbocycles. The zero-order valence-corrected chi connectivity index (χ0v) is 29.1. The molecule has 1 unspecified atom stereocenters. The van der Waals surface area contributed by atoms with Gasteiger partial charge in [-0.25, -0.2) is 4.79 Å². The summed E-state index contributed by atoms with van der Waals surface area (Å²) in [7, 11) is 4.34. The quantitative estimate of drug-likeness (QED) is 0.180. The van der Waals surface area contributed by atoms with Gasteiger partial charge in [0.25, 0.3) is 0 Å². The van der Waals surface area contributed by atoms with Crippen LogP contribution in [0.1, 0.15) is 90.4 Å². The van der Waals surface area contributed by atoms with Gasteiger partial charge < -0.3 is 39.6 Å². The van der Waals surface area contributed by atoms with Crippen LogP contribution in [0, 0.1) is 0 Å². The fourth-order valence-corrected chi connectivity index (χ4v) is 6.24. The molecule has 0 spiro atoms. The molecule has 11 nitrogen and oxygen atoms in total. The Morgan fingerprint density at radius 3 is 2.30 bits per heavy atom. The van der Waals surface area contributed by atoms with E-state index in [4.69, 9.17) is 18.9 Å². The molecule has 0 aromatic heterocycles. The molecule has 1 amide bonds. The number of hydrogen-bond donors (Lipinski definition) is 4. The van der Waals surface area contributed by atoms with Crippen molar-refractivity contribution in [2.24, 2.45) is 0 Å². The molecule has 11 heteroatoms. The van der Waals surface area contributed by atoms with Crippen LogP contribution in [0.2, 0.25) is 0 Å². The molecule has 0 fully saturated rings. The van der Waals surface area contributed by atoms with Gasteiger partial charge in [-0.1, -0.05) is 42.5 Å². The molecule has 0 aliphatic carbocycles. The number of phenols is 2. The minimum atomic E-state index is -1.04. The number of nitrogens with one attached hydrogen (secondary N) is 1. The van der Waals surface area contributed by atoms with Gasteiger partial charge in [0.1, 0.15) is 22.8 Å². The lowest BCUT2D eigenvalue weighted by molar-refractivity contribution is -0.122. The Kier molecular flexibility index (Phi) is 13.7. The second-order valence-corrected chi connectivity index (χ2v) is 12.4. The van der Waals surface area contributed by atoms with Crippen molar-refractivity contribution in [2.75, 3.05) is 27.9 Å². The Hall–Kier alpha value is -5.03. The number of methoxy groups -OCH3 is 3. The van der Waals surface area contributed by atoms with Crippen molar-refractivity contribution in [1.29, 1.82) is 0 Å². The maximum atomic E-state index is 13.7. The second-order valence-electron chi connectivity index (χ2n) is 12.4. The average molecular weight is 690 g/mol. The van der Waals surface area contributed by atoms with Crippen LogP contribution in [0.4, 0.5) is 0 Å². The third kappa shape index (κ3) is 9.56. The Balaban J connectivity index is 1.84. The standard InChI is InChI=1S/C39H47NO10/c1-24-12-11-17-29(42)16-10-6-9-15-26-19-31(43)36(37(45)35(26)39(46)50-24)30(27-20-32(47-2)38(49-4)33(21-27)48-3)22-34(44)40-28(23-41)18-25-13-7-5-8-14-25/h5,7-9,13-15,19-21,24,28,30,41,43,45H,6,10-12,16-18,22-23H2,1-4H3,(H,40,44)/b15-9+/t24-,28+,30?/m0/s1. The molecular formula is C39H47NO10. The summed E-state index contributed by atoms with van der Waals surface area (Å²) in [6, 6.07) is 13.4. The maximum Gasteiger partial charge on any atom is 0.342 e. The van der Waals surface area contributed by atoms with E-state index in [1.165, 1.54) is 27.4 Å². The zero-order valence-electron chi connectivity index (χ0n) is 29.1. The van der Waals surface area contributed by atoms with Gasteiger partial charge in [-0.05, 0) is 73.9 Å². The predicted octanol–water partition coefficient (Wildman–Crippen LogP) is 5.85. The SMILES string of the molecule is COc1cc(C(CC(=O)N[C@@H](CO)Cc2ccccc2)c2c(O)cc3c(c2O)C(=O)O[C@@H](C)CCCC(=O)CCC/C=C/3)cc(OC)c1OC. The molecule has 3 atom stereocenters. The molecule has 50 heavy (non-hydrogen) atoms. The fraction of sp³-hybridized carbons (Fsp3) is 0.410. The molecule has 1 aliphatic heterocycles. The van der Waals surface area contributed by atoms with Crippen LogP contribution < -0.4 is 19.5 Å². The highest BCUT2D eigenvalue weighted by molar-refractivity contribution is 5.98. The van der Waals surface area contributed by atoms with Crippen LogP contribution in [0.25, 0.3) is 6.08 Å². The Bertz CT molecular complexity index is 1640. The summed E-state index contributed by atoms with van der Waals surface area (Å²) in [4.78, 5) is 39.7. The van der Waals surface area contributed by atoms with Crippen molar-refractivity contribution in [2.45, 2.75) is 76.4 Å². The third-order valence-electron chi connectivity index (χ3n) is 8.79. The van der Waals surface area contributed by atoms with E-state index in [0.717, 1.165) is 5.56 Å². The molecule has 1 heterocycles. The highest BCUT2D eigenvalue weighted by Crippen LogP contribution is 2.47. The zero-order chi connectivity index (χ0) is 36.2. The van der Waals surface area contributed by atoms with Crippen molar-refractivity contribution in [1.82, 2.24) is 5.32 Å². The third-order valence-corrected chi connectivity index (χ3v) is 8.79. The lowest BCUT2D eigenvalue weighted by Gasteiger charge is -2.25. The number of ether oxygens (including phenoxy) is 4. The van der Waals surface area contributed by atoms with E-state index in [9.17, 15) is 29.7 Å². The first-order valence-corrected chi connectivity index (χ1v) is 16.8. The van der Waals surface area contributed by atoms with Gasteiger partial charge in [-0.15, -0.1) is 0 Å². The topological polar surface area (TPSA) is 161 Å². The summed E-state index contributed by atoms with van der Waals surface area (Å²) in [5, 5.41) is 36.5. The summed E-state index contributed by atoms with van der Waals surface area (Å²) in [5.41, 5.74) is 1.31. The number of benzene rings is 3. The van der Waals surface area contributed by atoms with Crippen molar-refractivity contribution >= 4 is 23.7 Å². The monoisotopic (exact) mass is 689 g/mol. The number of Topliss-reactive ketones (excluding diaryl/α,β-unsaturated/α-hetero) is 1. The average Bonchev–Trinajstić information content (AvgIpc) is 3.09.